The van der Waals surface area contributed by atoms with Gasteiger partial charge in [-0.1, -0.05) is 6.07 Å². The Balaban J connectivity index is 1.87. The molecule has 1 aliphatic heterocycles. The predicted molar refractivity (Wildman–Crippen MR) is 70.8 cm³/mol. The zero-order chi connectivity index (χ0) is 13.0. The number of rotatable bonds is 3. The molecule has 0 aromatic carbocycles. The highest BCUT2D eigenvalue weighted by atomic mass is 32.1. The Morgan fingerprint density at radius 1 is 1.56 bits per heavy atom. The van der Waals surface area contributed by atoms with Gasteiger partial charge in [-0.3, -0.25) is 0 Å². The third kappa shape index (κ3) is 3.23. The third-order valence-corrected chi connectivity index (χ3v) is 4.18. The highest BCUT2D eigenvalue weighted by Gasteiger charge is 2.34. The zero-order valence-corrected chi connectivity index (χ0v) is 11.4. The van der Waals surface area contributed by atoms with Gasteiger partial charge in [0.1, 0.15) is 0 Å². The summed E-state index contributed by atoms with van der Waals surface area (Å²) in [5.41, 5.74) is -0.673. The number of piperidine rings is 1. The summed E-state index contributed by atoms with van der Waals surface area (Å²) in [6, 6.07) is 4.04. The van der Waals surface area contributed by atoms with Crippen LogP contribution in [0.4, 0.5) is 4.79 Å². The molecule has 1 saturated heterocycles. The number of ether oxygens (including phenoxy) is 1. The van der Waals surface area contributed by atoms with Crippen LogP contribution in [0.3, 0.4) is 0 Å². The van der Waals surface area contributed by atoms with Crippen LogP contribution >= 0.6 is 11.3 Å². The van der Waals surface area contributed by atoms with Crippen LogP contribution in [0.25, 0.3) is 0 Å². The number of aliphatic hydroxyl groups is 1. The van der Waals surface area contributed by atoms with E-state index < -0.39 is 5.60 Å². The molecule has 0 unspecified atom stereocenters. The Hall–Kier alpha value is -1.07. The molecule has 1 aromatic heterocycles. The van der Waals surface area contributed by atoms with Gasteiger partial charge in [-0.2, -0.15) is 0 Å². The second-order valence-corrected chi connectivity index (χ2v) is 5.70. The fourth-order valence-corrected chi connectivity index (χ4v) is 3.08. The molecule has 2 heterocycles. The smallest absolute Gasteiger partial charge is 0.409 e. The molecule has 1 fully saturated rings. The Labute approximate surface area is 111 Å². The second kappa shape index (κ2) is 5.71. The first-order chi connectivity index (χ1) is 8.63. The summed E-state index contributed by atoms with van der Waals surface area (Å²) in [5, 5.41) is 12.5. The van der Waals surface area contributed by atoms with E-state index in [9.17, 15) is 9.90 Å². The van der Waals surface area contributed by atoms with Crippen molar-refractivity contribution in [1.29, 1.82) is 0 Å². The molecule has 5 heteroatoms. The number of carbonyl (C=O) groups is 1. The van der Waals surface area contributed by atoms with E-state index in [0.29, 0.717) is 39.0 Å². The lowest BCUT2D eigenvalue weighted by molar-refractivity contribution is -0.0189. The van der Waals surface area contributed by atoms with E-state index in [1.165, 1.54) is 4.88 Å². The van der Waals surface area contributed by atoms with Crippen LogP contribution in [0.2, 0.25) is 0 Å². The maximum absolute atomic E-state index is 11.6. The van der Waals surface area contributed by atoms with Crippen molar-refractivity contribution in [2.75, 3.05) is 19.7 Å². The summed E-state index contributed by atoms with van der Waals surface area (Å²) in [4.78, 5) is 14.4. The normalized spacial score (nSPS) is 18.7. The number of nitrogens with zero attached hydrogens (tertiary/aromatic N) is 1. The number of hydrogen-bond acceptors (Lipinski definition) is 4. The lowest BCUT2D eigenvalue weighted by Gasteiger charge is -2.37. The first-order valence-corrected chi connectivity index (χ1v) is 7.17. The molecule has 0 aliphatic carbocycles. The number of thiophene rings is 1. The van der Waals surface area contributed by atoms with Gasteiger partial charge < -0.3 is 14.7 Å². The molecule has 2 rings (SSSR count). The van der Waals surface area contributed by atoms with Gasteiger partial charge in [-0.15, -0.1) is 11.3 Å². The van der Waals surface area contributed by atoms with Crippen molar-refractivity contribution in [1.82, 2.24) is 4.90 Å². The van der Waals surface area contributed by atoms with E-state index >= 15 is 0 Å². The predicted octanol–water partition coefficient (Wildman–Crippen LogP) is 2.27. The minimum Gasteiger partial charge on any atom is -0.450 e. The van der Waals surface area contributed by atoms with Crippen LogP contribution in [-0.4, -0.2) is 41.4 Å². The Kier molecular flexibility index (Phi) is 4.24. The molecular formula is C13H19NO3S. The van der Waals surface area contributed by atoms with Gasteiger partial charge in [0.05, 0.1) is 12.2 Å². The molecule has 0 atom stereocenters. The number of hydrogen-bond donors (Lipinski definition) is 1. The first kappa shape index (κ1) is 13.4. The van der Waals surface area contributed by atoms with E-state index in [-0.39, 0.29) is 6.09 Å². The molecular weight excluding hydrogens is 250 g/mol. The molecule has 1 aromatic rings. The van der Waals surface area contributed by atoms with Crippen molar-refractivity contribution in [2.24, 2.45) is 0 Å². The summed E-state index contributed by atoms with van der Waals surface area (Å²) in [7, 11) is 0. The highest BCUT2D eigenvalue weighted by molar-refractivity contribution is 7.09. The van der Waals surface area contributed by atoms with Crippen LogP contribution < -0.4 is 0 Å². The minimum atomic E-state index is -0.673. The average molecular weight is 269 g/mol. The lowest BCUT2D eigenvalue weighted by Crippen LogP contribution is -2.47. The van der Waals surface area contributed by atoms with Crippen molar-refractivity contribution < 1.29 is 14.6 Å². The van der Waals surface area contributed by atoms with Crippen LogP contribution in [0, 0.1) is 0 Å². The molecule has 4 nitrogen and oxygen atoms in total. The van der Waals surface area contributed by atoms with Crippen molar-refractivity contribution in [2.45, 2.75) is 31.8 Å². The average Bonchev–Trinajstić information content (AvgIpc) is 2.82. The fraction of sp³-hybridized carbons (Fsp3) is 0.615. The van der Waals surface area contributed by atoms with E-state index in [0.717, 1.165) is 0 Å². The maximum Gasteiger partial charge on any atom is 0.409 e. The fourth-order valence-electron chi connectivity index (χ4n) is 2.23. The zero-order valence-electron chi connectivity index (χ0n) is 10.6. The topological polar surface area (TPSA) is 49.8 Å². The molecule has 18 heavy (non-hydrogen) atoms. The summed E-state index contributed by atoms with van der Waals surface area (Å²) in [6.45, 7) is 3.34. The minimum absolute atomic E-state index is 0.268. The Morgan fingerprint density at radius 3 is 2.83 bits per heavy atom. The molecule has 1 aliphatic rings. The van der Waals surface area contributed by atoms with Gasteiger partial charge in [-0.25, -0.2) is 4.79 Å². The quantitative estimate of drug-likeness (QED) is 0.916. The summed E-state index contributed by atoms with van der Waals surface area (Å²) in [5.74, 6) is 0. The van der Waals surface area contributed by atoms with E-state index in [1.807, 2.05) is 17.5 Å². The number of carbonyl (C=O) groups excluding carboxylic acids is 1. The van der Waals surface area contributed by atoms with Gasteiger partial charge in [0.15, 0.2) is 0 Å². The van der Waals surface area contributed by atoms with Gasteiger partial charge in [-0.05, 0) is 31.2 Å². The third-order valence-electron chi connectivity index (χ3n) is 3.30. The van der Waals surface area contributed by atoms with E-state index in [1.54, 1.807) is 23.2 Å². The largest absolute Gasteiger partial charge is 0.450 e. The van der Waals surface area contributed by atoms with Crippen molar-refractivity contribution >= 4 is 17.4 Å². The molecule has 0 saturated carbocycles. The Bertz CT molecular complexity index is 383. The van der Waals surface area contributed by atoms with Crippen molar-refractivity contribution in [3.8, 4) is 0 Å². The molecule has 0 radical (unpaired) electrons. The van der Waals surface area contributed by atoms with E-state index in [2.05, 4.69) is 0 Å². The molecule has 1 amide bonds. The molecule has 1 N–H and O–H groups in total. The monoisotopic (exact) mass is 269 g/mol. The SMILES string of the molecule is CCOC(=O)N1CCC(O)(Cc2cccs2)CC1. The molecule has 0 spiro atoms. The van der Waals surface area contributed by atoms with Crippen molar-refractivity contribution in [3.05, 3.63) is 22.4 Å². The van der Waals surface area contributed by atoms with Gasteiger partial charge >= 0.3 is 6.09 Å². The van der Waals surface area contributed by atoms with Gasteiger partial charge in [0.2, 0.25) is 0 Å². The summed E-state index contributed by atoms with van der Waals surface area (Å²) < 4.78 is 4.96. The summed E-state index contributed by atoms with van der Waals surface area (Å²) >= 11 is 1.67. The van der Waals surface area contributed by atoms with E-state index in [4.69, 9.17) is 4.74 Å². The van der Waals surface area contributed by atoms with Crippen LogP contribution in [-0.2, 0) is 11.2 Å². The molecule has 0 bridgehead atoms. The van der Waals surface area contributed by atoms with Gasteiger partial charge in [0, 0.05) is 24.4 Å². The molecule has 100 valence electrons. The van der Waals surface area contributed by atoms with Crippen LogP contribution in [0.1, 0.15) is 24.6 Å². The lowest BCUT2D eigenvalue weighted by atomic mass is 9.88. The number of amides is 1. The van der Waals surface area contributed by atoms with Crippen molar-refractivity contribution in [3.63, 3.8) is 0 Å². The number of likely N-dealkylation sites (tertiary alicyclic amines) is 1. The van der Waals surface area contributed by atoms with Gasteiger partial charge in [0.25, 0.3) is 0 Å². The maximum atomic E-state index is 11.6. The van der Waals surface area contributed by atoms with Crippen LogP contribution in [0.5, 0.6) is 0 Å². The summed E-state index contributed by atoms with van der Waals surface area (Å²) in [6.07, 6.45) is 1.64. The highest BCUT2D eigenvalue weighted by Crippen LogP contribution is 2.28. The standard InChI is InChI=1S/C13H19NO3S/c1-2-17-12(15)14-7-5-13(16,6-8-14)10-11-4-3-9-18-11/h3-4,9,16H,2,5-8,10H2,1H3. The Morgan fingerprint density at radius 2 is 2.28 bits per heavy atom. The first-order valence-electron chi connectivity index (χ1n) is 6.29. The van der Waals surface area contributed by atoms with Crippen LogP contribution in [0.15, 0.2) is 17.5 Å². The second-order valence-electron chi connectivity index (χ2n) is 4.67.